The van der Waals surface area contributed by atoms with Gasteiger partial charge in [0.2, 0.25) is 0 Å². The van der Waals surface area contributed by atoms with Crippen molar-refractivity contribution in [3.05, 3.63) is 12.2 Å². The lowest BCUT2D eigenvalue weighted by Gasteiger charge is -2.35. The van der Waals surface area contributed by atoms with E-state index in [9.17, 15) is 0 Å². The van der Waals surface area contributed by atoms with E-state index in [0.717, 1.165) is 19.6 Å². The molecule has 1 heterocycles. The van der Waals surface area contributed by atoms with E-state index in [-0.39, 0.29) is 6.10 Å². The van der Waals surface area contributed by atoms with Crippen LogP contribution in [0.5, 0.6) is 0 Å². The van der Waals surface area contributed by atoms with Crippen molar-refractivity contribution in [1.82, 2.24) is 4.90 Å². The van der Waals surface area contributed by atoms with E-state index in [1.807, 2.05) is 6.92 Å². The highest BCUT2D eigenvalue weighted by atomic mass is 35.5. The maximum atomic E-state index is 5.78. The highest BCUT2D eigenvalue weighted by Crippen LogP contribution is 2.11. The van der Waals surface area contributed by atoms with Gasteiger partial charge in [-0.2, -0.15) is 0 Å². The predicted molar refractivity (Wildman–Crippen MR) is 56.3 cm³/mol. The Kier molecular flexibility index (Phi) is 4.78. The molecule has 1 aliphatic rings. The van der Waals surface area contributed by atoms with E-state index in [1.165, 1.54) is 0 Å². The minimum atomic E-state index is 0.204. The van der Waals surface area contributed by atoms with Gasteiger partial charge >= 0.3 is 0 Å². The summed E-state index contributed by atoms with van der Waals surface area (Å²) in [7, 11) is 0. The van der Waals surface area contributed by atoms with Gasteiger partial charge in [-0.15, -0.1) is 11.6 Å². The molecule has 1 aliphatic heterocycles. The molecule has 1 fully saturated rings. The van der Waals surface area contributed by atoms with Crippen molar-refractivity contribution < 1.29 is 4.74 Å². The molecular formula is C10H18ClNO. The van der Waals surface area contributed by atoms with E-state index >= 15 is 0 Å². The maximum Gasteiger partial charge on any atom is 0.0841 e. The minimum Gasteiger partial charge on any atom is -0.371 e. The lowest BCUT2D eigenvalue weighted by Crippen LogP contribution is -2.47. The Morgan fingerprint density at radius 2 is 2.31 bits per heavy atom. The van der Waals surface area contributed by atoms with Gasteiger partial charge in [0.1, 0.15) is 0 Å². The second-order valence-electron chi connectivity index (χ2n) is 3.51. The zero-order chi connectivity index (χ0) is 9.68. The first-order valence-electron chi connectivity index (χ1n) is 4.81. The van der Waals surface area contributed by atoms with Gasteiger partial charge in [0.05, 0.1) is 12.2 Å². The fourth-order valence-corrected chi connectivity index (χ4v) is 1.80. The Morgan fingerprint density at radius 1 is 1.54 bits per heavy atom. The number of ether oxygens (including phenoxy) is 1. The molecule has 1 rings (SSSR count). The normalized spacial score (nSPS) is 31.3. The van der Waals surface area contributed by atoms with Crippen LogP contribution in [0.1, 0.15) is 13.8 Å². The number of hydrogen-bond acceptors (Lipinski definition) is 2. The van der Waals surface area contributed by atoms with Crippen molar-refractivity contribution in [3.8, 4) is 0 Å². The molecule has 0 radical (unpaired) electrons. The molecule has 0 saturated carbocycles. The quantitative estimate of drug-likeness (QED) is 0.513. The Labute approximate surface area is 85.5 Å². The van der Waals surface area contributed by atoms with Crippen LogP contribution < -0.4 is 0 Å². The number of halogens is 1. The Bertz CT molecular complexity index is 172. The molecule has 13 heavy (non-hydrogen) atoms. The molecule has 0 amide bonds. The third-order valence-corrected chi connectivity index (χ3v) is 2.52. The average molecular weight is 204 g/mol. The van der Waals surface area contributed by atoms with Gasteiger partial charge < -0.3 is 4.74 Å². The molecule has 0 aromatic carbocycles. The lowest BCUT2D eigenvalue weighted by atomic mass is 10.2. The molecule has 2 unspecified atom stereocenters. The second-order valence-corrected chi connectivity index (χ2v) is 3.82. The van der Waals surface area contributed by atoms with Crippen molar-refractivity contribution in [3.63, 3.8) is 0 Å². The molecule has 0 aromatic heterocycles. The van der Waals surface area contributed by atoms with Gasteiger partial charge in [0, 0.05) is 25.5 Å². The molecule has 76 valence electrons. The summed E-state index contributed by atoms with van der Waals surface area (Å²) in [5.41, 5.74) is 0. The summed E-state index contributed by atoms with van der Waals surface area (Å²) in [5, 5.41) is 0. The predicted octanol–water partition coefficient (Wildman–Crippen LogP) is 1.89. The third kappa shape index (κ3) is 3.67. The van der Waals surface area contributed by atoms with E-state index in [0.29, 0.717) is 12.0 Å². The standard InChI is InChI=1S/C10H18ClNO/c1-3-4-5-12-7-9(2)13-10(6-11)8-12/h3-4,9-10H,5-8H2,1-2H3/b4-3+. The van der Waals surface area contributed by atoms with Crippen LogP contribution in [0.3, 0.4) is 0 Å². The largest absolute Gasteiger partial charge is 0.371 e. The summed E-state index contributed by atoms with van der Waals surface area (Å²) in [6.45, 7) is 7.12. The van der Waals surface area contributed by atoms with Gasteiger partial charge in [-0.25, -0.2) is 0 Å². The van der Waals surface area contributed by atoms with Crippen molar-refractivity contribution in [2.75, 3.05) is 25.5 Å². The first-order valence-corrected chi connectivity index (χ1v) is 5.34. The van der Waals surface area contributed by atoms with Gasteiger partial charge in [0.25, 0.3) is 0 Å². The van der Waals surface area contributed by atoms with Gasteiger partial charge in [-0.1, -0.05) is 12.2 Å². The maximum absolute atomic E-state index is 5.78. The Balaban J connectivity index is 2.37. The molecule has 0 bridgehead atoms. The lowest BCUT2D eigenvalue weighted by molar-refractivity contribution is -0.0630. The monoisotopic (exact) mass is 203 g/mol. The molecule has 1 saturated heterocycles. The molecule has 0 N–H and O–H groups in total. The van der Waals surface area contributed by atoms with Gasteiger partial charge in [-0.05, 0) is 13.8 Å². The average Bonchev–Trinajstić information content (AvgIpc) is 2.14. The molecule has 2 atom stereocenters. The number of alkyl halides is 1. The van der Waals surface area contributed by atoms with Crippen LogP contribution in [0.15, 0.2) is 12.2 Å². The van der Waals surface area contributed by atoms with Crippen molar-refractivity contribution in [2.45, 2.75) is 26.1 Å². The van der Waals surface area contributed by atoms with E-state index < -0.39 is 0 Å². The topological polar surface area (TPSA) is 12.5 Å². The Morgan fingerprint density at radius 3 is 2.92 bits per heavy atom. The Hall–Kier alpha value is -0.0500. The fourth-order valence-electron chi connectivity index (χ4n) is 1.63. The van der Waals surface area contributed by atoms with Crippen LogP contribution in [0, 0.1) is 0 Å². The van der Waals surface area contributed by atoms with E-state index in [1.54, 1.807) is 0 Å². The summed E-state index contributed by atoms with van der Waals surface area (Å²) in [4.78, 5) is 2.38. The minimum absolute atomic E-state index is 0.204. The number of morpholine rings is 1. The molecule has 2 nitrogen and oxygen atoms in total. The first-order chi connectivity index (χ1) is 6.26. The number of hydrogen-bond donors (Lipinski definition) is 0. The van der Waals surface area contributed by atoms with Gasteiger partial charge in [-0.3, -0.25) is 4.90 Å². The zero-order valence-corrected chi connectivity index (χ0v) is 9.13. The highest BCUT2D eigenvalue weighted by Gasteiger charge is 2.23. The third-order valence-electron chi connectivity index (χ3n) is 2.17. The SMILES string of the molecule is C/C=C/CN1CC(C)OC(CCl)C1. The number of rotatable bonds is 3. The van der Waals surface area contributed by atoms with Crippen LogP contribution in [-0.2, 0) is 4.74 Å². The van der Waals surface area contributed by atoms with Crippen molar-refractivity contribution in [1.29, 1.82) is 0 Å². The first kappa shape index (κ1) is 11.0. The van der Waals surface area contributed by atoms with Crippen LogP contribution in [0.25, 0.3) is 0 Å². The van der Waals surface area contributed by atoms with Gasteiger partial charge in [0.15, 0.2) is 0 Å². The fraction of sp³-hybridized carbons (Fsp3) is 0.800. The van der Waals surface area contributed by atoms with Crippen LogP contribution in [0.2, 0.25) is 0 Å². The molecule has 0 spiro atoms. The van der Waals surface area contributed by atoms with Crippen LogP contribution in [-0.4, -0.2) is 42.6 Å². The smallest absolute Gasteiger partial charge is 0.0841 e. The summed E-state index contributed by atoms with van der Waals surface area (Å²) < 4.78 is 5.65. The van der Waals surface area contributed by atoms with Crippen LogP contribution in [0.4, 0.5) is 0 Å². The summed E-state index contributed by atoms with van der Waals surface area (Å²) in [6, 6.07) is 0. The van der Waals surface area contributed by atoms with E-state index in [4.69, 9.17) is 16.3 Å². The summed E-state index contributed by atoms with van der Waals surface area (Å²) in [6.07, 6.45) is 4.76. The molecular weight excluding hydrogens is 186 g/mol. The highest BCUT2D eigenvalue weighted by molar-refractivity contribution is 6.18. The molecule has 3 heteroatoms. The number of allylic oxidation sites excluding steroid dienone is 1. The van der Waals surface area contributed by atoms with Crippen molar-refractivity contribution in [2.24, 2.45) is 0 Å². The molecule has 0 aliphatic carbocycles. The van der Waals surface area contributed by atoms with E-state index in [2.05, 4.69) is 24.0 Å². The summed E-state index contributed by atoms with van der Waals surface area (Å²) in [5.74, 6) is 0.594. The second kappa shape index (κ2) is 5.63. The van der Waals surface area contributed by atoms with Crippen LogP contribution >= 0.6 is 11.6 Å². The van der Waals surface area contributed by atoms with Crippen molar-refractivity contribution >= 4 is 11.6 Å². The molecule has 0 aromatic rings. The number of nitrogens with zero attached hydrogens (tertiary/aromatic N) is 1. The summed E-state index contributed by atoms with van der Waals surface area (Å²) >= 11 is 5.78. The zero-order valence-electron chi connectivity index (χ0n) is 8.37.